The molecule has 1 aromatic carbocycles. The van der Waals surface area contributed by atoms with Crippen LogP contribution < -0.4 is 10.9 Å². The van der Waals surface area contributed by atoms with Crippen LogP contribution in [0.3, 0.4) is 0 Å². The van der Waals surface area contributed by atoms with Crippen molar-refractivity contribution in [3.05, 3.63) is 40.3 Å². The molecule has 1 heterocycles. The van der Waals surface area contributed by atoms with E-state index in [-0.39, 0.29) is 5.56 Å². The van der Waals surface area contributed by atoms with Gasteiger partial charge in [-0.2, -0.15) is 0 Å². The molecule has 1 N–H and O–H groups in total. The fourth-order valence-corrected chi connectivity index (χ4v) is 2.36. The van der Waals surface area contributed by atoms with Crippen molar-refractivity contribution in [1.82, 2.24) is 14.9 Å². The summed E-state index contributed by atoms with van der Waals surface area (Å²) in [6.45, 7) is 6.50. The lowest BCUT2D eigenvalue weighted by atomic mass is 10.2. The summed E-state index contributed by atoms with van der Waals surface area (Å²) in [7, 11) is 0. The first kappa shape index (κ1) is 14.7. The van der Waals surface area contributed by atoms with Crippen LogP contribution in [-0.4, -0.2) is 22.6 Å². The second-order valence-corrected chi connectivity index (χ2v) is 5.10. The lowest BCUT2D eigenvalue weighted by Gasteiger charge is -2.11. The number of benzene rings is 1. The number of fused-ring (bicyclic) bond motifs is 1. The van der Waals surface area contributed by atoms with Crippen molar-refractivity contribution < 1.29 is 0 Å². The molecule has 2 rings (SSSR count). The molecule has 108 valence electrons. The third kappa shape index (κ3) is 3.45. The number of para-hydroxylation sites is 2. The third-order valence-electron chi connectivity index (χ3n) is 3.48. The third-order valence-corrected chi connectivity index (χ3v) is 3.48. The van der Waals surface area contributed by atoms with Crippen LogP contribution in [0.2, 0.25) is 0 Å². The minimum Gasteiger partial charge on any atom is -0.315 e. The van der Waals surface area contributed by atoms with Gasteiger partial charge in [-0.1, -0.05) is 31.9 Å². The molecule has 20 heavy (non-hydrogen) atoms. The van der Waals surface area contributed by atoms with Gasteiger partial charge in [-0.3, -0.25) is 4.79 Å². The van der Waals surface area contributed by atoms with Crippen LogP contribution in [0, 0.1) is 6.92 Å². The zero-order valence-corrected chi connectivity index (χ0v) is 12.4. The Hall–Kier alpha value is -1.68. The maximum atomic E-state index is 12.2. The summed E-state index contributed by atoms with van der Waals surface area (Å²) >= 11 is 0. The van der Waals surface area contributed by atoms with E-state index in [1.807, 2.05) is 28.8 Å². The number of nitrogens with one attached hydrogen (secondary N) is 1. The highest BCUT2D eigenvalue weighted by atomic mass is 16.1. The highest BCUT2D eigenvalue weighted by molar-refractivity contribution is 5.74. The van der Waals surface area contributed by atoms with Crippen LogP contribution in [-0.2, 0) is 6.54 Å². The van der Waals surface area contributed by atoms with Gasteiger partial charge in [0.2, 0.25) is 0 Å². The quantitative estimate of drug-likeness (QED) is 0.788. The molecule has 0 saturated carbocycles. The smallest absolute Gasteiger partial charge is 0.272 e. The Kier molecular flexibility index (Phi) is 5.30. The first-order valence-corrected chi connectivity index (χ1v) is 7.41. The van der Waals surface area contributed by atoms with E-state index in [0.29, 0.717) is 12.2 Å². The average Bonchev–Trinajstić information content (AvgIpc) is 2.46. The van der Waals surface area contributed by atoms with Gasteiger partial charge in [0.05, 0.1) is 11.0 Å². The standard InChI is InChI=1S/C16H23N3O/c1-3-4-7-10-17-11-12-19-15-9-6-5-8-14(15)18-13(2)16(19)20/h5-6,8-9,17H,3-4,7,10-12H2,1-2H3. The van der Waals surface area contributed by atoms with Gasteiger partial charge < -0.3 is 9.88 Å². The van der Waals surface area contributed by atoms with Crippen molar-refractivity contribution in [2.24, 2.45) is 0 Å². The number of aromatic nitrogens is 2. The van der Waals surface area contributed by atoms with Crippen LogP contribution in [0.5, 0.6) is 0 Å². The van der Waals surface area contributed by atoms with E-state index in [4.69, 9.17) is 0 Å². The van der Waals surface area contributed by atoms with Crippen LogP contribution in [0.25, 0.3) is 11.0 Å². The van der Waals surface area contributed by atoms with Crippen LogP contribution in [0.4, 0.5) is 0 Å². The molecular weight excluding hydrogens is 250 g/mol. The fourth-order valence-electron chi connectivity index (χ4n) is 2.36. The Labute approximate surface area is 119 Å². The van der Waals surface area contributed by atoms with Gasteiger partial charge in [-0.25, -0.2) is 4.98 Å². The minimum absolute atomic E-state index is 0.0130. The summed E-state index contributed by atoms with van der Waals surface area (Å²) in [5.41, 5.74) is 2.38. The second kappa shape index (κ2) is 7.20. The fraction of sp³-hybridized carbons (Fsp3) is 0.500. The molecule has 0 spiro atoms. The largest absolute Gasteiger partial charge is 0.315 e. The van der Waals surface area contributed by atoms with E-state index in [1.165, 1.54) is 19.3 Å². The maximum Gasteiger partial charge on any atom is 0.272 e. The van der Waals surface area contributed by atoms with E-state index in [0.717, 1.165) is 24.1 Å². The molecule has 0 fully saturated rings. The number of nitrogens with zero attached hydrogens (tertiary/aromatic N) is 2. The topological polar surface area (TPSA) is 46.9 Å². The predicted molar refractivity (Wildman–Crippen MR) is 83.1 cm³/mol. The number of unbranched alkanes of at least 4 members (excludes halogenated alkanes) is 2. The Morgan fingerprint density at radius 2 is 2.00 bits per heavy atom. The molecule has 4 nitrogen and oxygen atoms in total. The molecule has 0 saturated heterocycles. The highest BCUT2D eigenvalue weighted by Crippen LogP contribution is 2.09. The number of rotatable bonds is 7. The van der Waals surface area contributed by atoms with Crippen LogP contribution in [0.15, 0.2) is 29.1 Å². The summed E-state index contributed by atoms with van der Waals surface area (Å²) in [5, 5.41) is 3.40. The number of hydrogen-bond acceptors (Lipinski definition) is 3. The summed E-state index contributed by atoms with van der Waals surface area (Å²) in [6, 6.07) is 7.81. The normalized spacial score (nSPS) is 11.1. The predicted octanol–water partition coefficient (Wildman–Crippen LogP) is 2.48. The molecule has 0 unspecified atom stereocenters. The lowest BCUT2D eigenvalue weighted by molar-refractivity contribution is 0.567. The van der Waals surface area contributed by atoms with Crippen molar-refractivity contribution in [3.8, 4) is 0 Å². The van der Waals surface area contributed by atoms with Crippen LogP contribution >= 0.6 is 0 Å². The van der Waals surface area contributed by atoms with Crippen molar-refractivity contribution in [3.63, 3.8) is 0 Å². The van der Waals surface area contributed by atoms with Gasteiger partial charge >= 0.3 is 0 Å². The molecular formula is C16H23N3O. The van der Waals surface area contributed by atoms with E-state index < -0.39 is 0 Å². The molecule has 1 aromatic heterocycles. The van der Waals surface area contributed by atoms with Gasteiger partial charge in [0.1, 0.15) is 5.69 Å². The van der Waals surface area contributed by atoms with Gasteiger partial charge in [0.15, 0.2) is 0 Å². The summed E-state index contributed by atoms with van der Waals surface area (Å²) < 4.78 is 1.82. The van der Waals surface area contributed by atoms with Crippen molar-refractivity contribution in [2.75, 3.05) is 13.1 Å². The maximum absolute atomic E-state index is 12.2. The van der Waals surface area contributed by atoms with Gasteiger partial charge in [0.25, 0.3) is 5.56 Å². The summed E-state index contributed by atoms with van der Waals surface area (Å²) in [4.78, 5) is 16.6. The van der Waals surface area contributed by atoms with E-state index in [2.05, 4.69) is 17.2 Å². The van der Waals surface area contributed by atoms with Gasteiger partial charge in [0, 0.05) is 13.1 Å². The molecule has 0 radical (unpaired) electrons. The highest BCUT2D eigenvalue weighted by Gasteiger charge is 2.06. The molecule has 0 bridgehead atoms. The molecule has 0 aliphatic carbocycles. The zero-order valence-electron chi connectivity index (χ0n) is 12.4. The SMILES string of the molecule is CCCCCNCCn1c(=O)c(C)nc2ccccc21. The Morgan fingerprint density at radius 3 is 2.80 bits per heavy atom. The monoisotopic (exact) mass is 273 g/mol. The van der Waals surface area contributed by atoms with Crippen LogP contribution in [0.1, 0.15) is 31.9 Å². The summed E-state index contributed by atoms with van der Waals surface area (Å²) in [6.07, 6.45) is 3.68. The van der Waals surface area contributed by atoms with E-state index in [9.17, 15) is 4.79 Å². The van der Waals surface area contributed by atoms with Gasteiger partial charge in [-0.05, 0) is 32.0 Å². The number of aryl methyl sites for hydroxylation is 1. The Bertz CT molecular complexity index is 619. The molecule has 0 aliphatic rings. The Balaban J connectivity index is 2.09. The lowest BCUT2D eigenvalue weighted by Crippen LogP contribution is -2.29. The second-order valence-electron chi connectivity index (χ2n) is 5.10. The van der Waals surface area contributed by atoms with Gasteiger partial charge in [-0.15, -0.1) is 0 Å². The average molecular weight is 273 g/mol. The van der Waals surface area contributed by atoms with E-state index >= 15 is 0 Å². The molecule has 2 aromatic rings. The molecule has 4 heteroatoms. The number of hydrogen-bond donors (Lipinski definition) is 1. The first-order chi connectivity index (χ1) is 9.74. The first-order valence-electron chi connectivity index (χ1n) is 7.41. The minimum atomic E-state index is 0.0130. The zero-order chi connectivity index (χ0) is 14.4. The van der Waals surface area contributed by atoms with Crippen molar-refractivity contribution in [2.45, 2.75) is 39.7 Å². The van der Waals surface area contributed by atoms with Crippen molar-refractivity contribution in [1.29, 1.82) is 0 Å². The van der Waals surface area contributed by atoms with E-state index in [1.54, 1.807) is 6.92 Å². The molecule has 0 amide bonds. The summed E-state index contributed by atoms with van der Waals surface area (Å²) in [5.74, 6) is 0. The molecule has 0 atom stereocenters. The van der Waals surface area contributed by atoms with Crippen molar-refractivity contribution >= 4 is 11.0 Å². The molecule has 0 aliphatic heterocycles. The Morgan fingerprint density at radius 1 is 1.20 bits per heavy atom.